The van der Waals surface area contributed by atoms with E-state index in [0.717, 1.165) is 10.7 Å². The Morgan fingerprint density at radius 2 is 1.79 bits per heavy atom. The third kappa shape index (κ3) is 4.06. The molecule has 2 N–H and O–H groups in total. The highest BCUT2D eigenvalue weighted by Gasteiger charge is 2.25. The topological polar surface area (TPSA) is 27.3 Å². The zero-order valence-electron chi connectivity index (χ0n) is 11.3. The largest absolute Gasteiger partial charge is 0.332 e. The molecule has 0 bridgehead atoms. The SMILES string of the molecule is C[C@@H]1CCC[C@@H](C)N1NC(=S)Nc1ccc(Cl)cc1. The predicted molar refractivity (Wildman–Crippen MR) is 85.4 cm³/mol. The number of hydrogen-bond donors (Lipinski definition) is 2. The number of nitrogens with zero attached hydrogens (tertiary/aromatic N) is 1. The smallest absolute Gasteiger partial charge is 0.185 e. The molecule has 1 aromatic carbocycles. The van der Waals surface area contributed by atoms with Gasteiger partial charge in [0.05, 0.1) is 0 Å². The number of hydrazine groups is 1. The summed E-state index contributed by atoms with van der Waals surface area (Å²) in [6.07, 6.45) is 3.71. The van der Waals surface area contributed by atoms with Crippen molar-refractivity contribution in [2.24, 2.45) is 0 Å². The van der Waals surface area contributed by atoms with Crippen LogP contribution in [0.15, 0.2) is 24.3 Å². The molecular formula is C14H20ClN3S. The molecule has 1 aliphatic rings. The quantitative estimate of drug-likeness (QED) is 0.812. The van der Waals surface area contributed by atoms with Crippen molar-refractivity contribution in [2.75, 3.05) is 5.32 Å². The molecule has 5 heteroatoms. The van der Waals surface area contributed by atoms with Gasteiger partial charge in [-0.25, -0.2) is 5.01 Å². The highest BCUT2D eigenvalue weighted by Crippen LogP contribution is 2.20. The lowest BCUT2D eigenvalue weighted by atomic mass is 10.00. The van der Waals surface area contributed by atoms with Gasteiger partial charge in [0.15, 0.2) is 5.11 Å². The fourth-order valence-corrected chi connectivity index (χ4v) is 2.80. The van der Waals surface area contributed by atoms with E-state index in [1.54, 1.807) is 0 Å². The van der Waals surface area contributed by atoms with E-state index in [0.29, 0.717) is 17.2 Å². The van der Waals surface area contributed by atoms with Gasteiger partial charge in [0.2, 0.25) is 0 Å². The molecule has 1 aliphatic heterocycles. The molecule has 0 radical (unpaired) electrons. The van der Waals surface area contributed by atoms with Gasteiger partial charge < -0.3 is 5.32 Å². The van der Waals surface area contributed by atoms with Crippen LogP contribution in [0.25, 0.3) is 0 Å². The van der Waals surface area contributed by atoms with Gasteiger partial charge in [0, 0.05) is 22.8 Å². The van der Waals surface area contributed by atoms with Gasteiger partial charge >= 0.3 is 0 Å². The second-order valence-corrected chi connectivity index (χ2v) is 5.95. The summed E-state index contributed by atoms with van der Waals surface area (Å²) in [5.41, 5.74) is 4.25. The zero-order valence-corrected chi connectivity index (χ0v) is 12.9. The number of hydrogen-bond acceptors (Lipinski definition) is 2. The van der Waals surface area contributed by atoms with E-state index in [-0.39, 0.29) is 0 Å². The van der Waals surface area contributed by atoms with E-state index in [4.69, 9.17) is 23.8 Å². The molecule has 0 aliphatic carbocycles. The molecule has 3 nitrogen and oxygen atoms in total. The van der Waals surface area contributed by atoms with E-state index in [1.165, 1.54) is 19.3 Å². The molecule has 2 rings (SSSR count). The van der Waals surface area contributed by atoms with Crippen LogP contribution in [0.4, 0.5) is 5.69 Å². The maximum atomic E-state index is 5.86. The molecule has 0 amide bonds. The molecule has 1 aromatic rings. The highest BCUT2D eigenvalue weighted by molar-refractivity contribution is 7.80. The van der Waals surface area contributed by atoms with Gasteiger partial charge in [-0.05, 0) is 63.2 Å². The third-order valence-electron chi connectivity index (χ3n) is 3.53. The molecule has 1 heterocycles. The van der Waals surface area contributed by atoms with Crippen molar-refractivity contribution < 1.29 is 0 Å². The molecular weight excluding hydrogens is 278 g/mol. The lowest BCUT2D eigenvalue weighted by Gasteiger charge is -2.39. The Balaban J connectivity index is 1.91. The first kappa shape index (κ1) is 14.6. The van der Waals surface area contributed by atoms with Crippen molar-refractivity contribution in [2.45, 2.75) is 45.2 Å². The van der Waals surface area contributed by atoms with Crippen molar-refractivity contribution in [3.63, 3.8) is 0 Å². The molecule has 0 unspecified atom stereocenters. The van der Waals surface area contributed by atoms with Gasteiger partial charge in [0.25, 0.3) is 0 Å². The maximum Gasteiger partial charge on any atom is 0.185 e. The van der Waals surface area contributed by atoms with Crippen LogP contribution < -0.4 is 10.7 Å². The van der Waals surface area contributed by atoms with E-state index >= 15 is 0 Å². The van der Waals surface area contributed by atoms with Crippen molar-refractivity contribution in [3.8, 4) is 0 Å². The first-order valence-electron chi connectivity index (χ1n) is 6.68. The van der Waals surface area contributed by atoms with Crippen LogP contribution >= 0.6 is 23.8 Å². The average Bonchev–Trinajstić information content (AvgIpc) is 2.37. The molecule has 2 atom stereocenters. The van der Waals surface area contributed by atoms with Gasteiger partial charge in [0.1, 0.15) is 0 Å². The fraction of sp³-hybridized carbons (Fsp3) is 0.500. The summed E-state index contributed by atoms with van der Waals surface area (Å²) in [4.78, 5) is 0. The van der Waals surface area contributed by atoms with Crippen LogP contribution in [0.3, 0.4) is 0 Å². The van der Waals surface area contributed by atoms with Crippen LogP contribution in [0.2, 0.25) is 5.02 Å². The second kappa shape index (κ2) is 6.55. The molecule has 1 fully saturated rings. The van der Waals surface area contributed by atoms with E-state index in [1.807, 2.05) is 24.3 Å². The van der Waals surface area contributed by atoms with Gasteiger partial charge in [-0.1, -0.05) is 18.0 Å². The normalized spacial score (nSPS) is 23.9. The Labute approximate surface area is 125 Å². The van der Waals surface area contributed by atoms with Gasteiger partial charge in [-0.2, -0.15) is 0 Å². The van der Waals surface area contributed by atoms with Crippen LogP contribution in [0.5, 0.6) is 0 Å². The van der Waals surface area contributed by atoms with Gasteiger partial charge in [-0.15, -0.1) is 0 Å². The third-order valence-corrected chi connectivity index (χ3v) is 3.97. The summed E-state index contributed by atoms with van der Waals surface area (Å²) < 4.78 is 0. The summed E-state index contributed by atoms with van der Waals surface area (Å²) in [6, 6.07) is 8.54. The van der Waals surface area contributed by atoms with E-state index in [2.05, 4.69) is 29.6 Å². The minimum absolute atomic E-state index is 0.508. The van der Waals surface area contributed by atoms with Crippen LogP contribution in [0.1, 0.15) is 33.1 Å². The first-order chi connectivity index (χ1) is 9.06. The van der Waals surface area contributed by atoms with Crippen molar-refractivity contribution >= 4 is 34.6 Å². The van der Waals surface area contributed by atoms with Crippen LogP contribution in [-0.4, -0.2) is 22.2 Å². The number of nitrogens with one attached hydrogen (secondary N) is 2. The summed E-state index contributed by atoms with van der Waals surface area (Å²) in [5.74, 6) is 0. The summed E-state index contributed by atoms with van der Waals surface area (Å²) in [7, 11) is 0. The van der Waals surface area contributed by atoms with Crippen molar-refractivity contribution in [1.82, 2.24) is 10.4 Å². The lowest BCUT2D eigenvalue weighted by molar-refractivity contribution is 0.0750. The number of rotatable bonds is 2. The Morgan fingerprint density at radius 3 is 2.37 bits per heavy atom. The van der Waals surface area contributed by atoms with Gasteiger partial charge in [-0.3, -0.25) is 5.43 Å². The van der Waals surface area contributed by atoms with Crippen molar-refractivity contribution in [3.05, 3.63) is 29.3 Å². The summed E-state index contributed by atoms with van der Waals surface area (Å²) >= 11 is 11.2. The second-order valence-electron chi connectivity index (χ2n) is 5.11. The zero-order chi connectivity index (χ0) is 13.8. The van der Waals surface area contributed by atoms with E-state index < -0.39 is 0 Å². The molecule has 0 aromatic heterocycles. The number of thiocarbonyl (C=S) groups is 1. The van der Waals surface area contributed by atoms with E-state index in [9.17, 15) is 0 Å². The maximum absolute atomic E-state index is 5.86. The number of anilines is 1. The monoisotopic (exact) mass is 297 g/mol. The minimum Gasteiger partial charge on any atom is -0.332 e. The Kier molecular flexibility index (Phi) is 5.02. The summed E-state index contributed by atoms with van der Waals surface area (Å²) in [6.45, 7) is 4.46. The predicted octanol–water partition coefficient (Wildman–Crippen LogP) is 3.80. The van der Waals surface area contributed by atoms with Crippen LogP contribution in [-0.2, 0) is 0 Å². The molecule has 0 saturated carbocycles. The standard InChI is InChI=1S/C14H20ClN3S/c1-10-4-3-5-11(2)18(10)17-14(19)16-13-8-6-12(15)7-9-13/h6-11H,3-5H2,1-2H3,(H2,16,17,19)/t10-,11-/m1/s1. The molecule has 1 saturated heterocycles. The Hall–Kier alpha value is -0.840. The average molecular weight is 298 g/mol. The minimum atomic E-state index is 0.508. The fourth-order valence-electron chi connectivity index (χ4n) is 2.45. The van der Waals surface area contributed by atoms with Crippen molar-refractivity contribution in [1.29, 1.82) is 0 Å². The Morgan fingerprint density at radius 1 is 1.21 bits per heavy atom. The first-order valence-corrected chi connectivity index (χ1v) is 7.46. The highest BCUT2D eigenvalue weighted by atomic mass is 35.5. The summed E-state index contributed by atoms with van der Waals surface area (Å²) in [5, 5.41) is 6.77. The Bertz CT molecular complexity index is 425. The molecule has 104 valence electrons. The van der Waals surface area contributed by atoms with Crippen LogP contribution in [0, 0.1) is 0 Å². The number of halogens is 1. The molecule has 0 spiro atoms. The lowest BCUT2D eigenvalue weighted by Crippen LogP contribution is -2.55. The molecule has 19 heavy (non-hydrogen) atoms. The number of benzene rings is 1. The number of piperidine rings is 1.